The Balaban J connectivity index is 1.95. The van der Waals surface area contributed by atoms with E-state index in [0.717, 1.165) is 19.2 Å². The van der Waals surface area contributed by atoms with Crippen LogP contribution in [0.2, 0.25) is 0 Å². The van der Waals surface area contributed by atoms with Crippen molar-refractivity contribution in [2.45, 2.75) is 63.4 Å². The summed E-state index contributed by atoms with van der Waals surface area (Å²) >= 11 is 0. The molecule has 10 heteroatoms. The molecule has 190 valence electrons. The monoisotopic (exact) mass is 496 g/mol. The number of hydrogen-bond donors (Lipinski definition) is 0. The minimum atomic E-state index is -5.16. The molecular formula is C25H27F3O7. The number of carbonyl (C=O) groups is 2. The van der Waals surface area contributed by atoms with Crippen molar-refractivity contribution in [1.82, 2.24) is 0 Å². The van der Waals surface area contributed by atoms with Crippen LogP contribution in [0.15, 0.2) is 54.6 Å². The van der Waals surface area contributed by atoms with Crippen LogP contribution in [0.1, 0.15) is 32.8 Å². The Bertz CT molecular complexity index is 1030. The van der Waals surface area contributed by atoms with Crippen LogP contribution < -0.4 is 9.47 Å². The van der Waals surface area contributed by atoms with E-state index in [0.29, 0.717) is 12.2 Å². The van der Waals surface area contributed by atoms with E-state index in [-0.39, 0.29) is 11.9 Å². The summed E-state index contributed by atoms with van der Waals surface area (Å²) in [5, 5.41) is 0. The minimum Gasteiger partial charge on any atom is -0.487 e. The van der Waals surface area contributed by atoms with Gasteiger partial charge in [0.2, 0.25) is 6.10 Å². The maximum atomic E-state index is 14.2. The maximum Gasteiger partial charge on any atom is 0.432 e. The van der Waals surface area contributed by atoms with Crippen molar-refractivity contribution in [1.29, 1.82) is 0 Å². The number of rotatable bonds is 5. The van der Waals surface area contributed by atoms with Crippen LogP contribution in [0, 0.1) is 0 Å². The molecule has 3 rings (SSSR count). The van der Waals surface area contributed by atoms with Crippen LogP contribution in [0.3, 0.4) is 0 Å². The SMILES string of the molecule is CO[C@@](C(=O)O[C@@H](C)C1Oc2ccccc2O[C@@H](C)C[C@H](C)OC1=O)(c1ccccc1)C(F)(F)F. The fourth-order valence-corrected chi connectivity index (χ4v) is 3.86. The van der Waals surface area contributed by atoms with Crippen molar-refractivity contribution in [3.8, 4) is 11.5 Å². The summed E-state index contributed by atoms with van der Waals surface area (Å²) in [5.74, 6) is -2.16. The van der Waals surface area contributed by atoms with Gasteiger partial charge in [0.05, 0.1) is 6.10 Å². The zero-order chi connectivity index (χ0) is 25.8. The van der Waals surface area contributed by atoms with E-state index in [1.807, 2.05) is 0 Å². The highest BCUT2D eigenvalue weighted by Gasteiger charge is 2.64. The Labute approximate surface area is 201 Å². The molecule has 0 aromatic heterocycles. The van der Waals surface area contributed by atoms with Gasteiger partial charge in [-0.1, -0.05) is 42.5 Å². The van der Waals surface area contributed by atoms with Gasteiger partial charge in [-0.05, 0) is 32.9 Å². The summed E-state index contributed by atoms with van der Waals surface area (Å²) in [7, 11) is 0.761. The van der Waals surface area contributed by atoms with E-state index in [1.54, 1.807) is 32.0 Å². The third-order valence-corrected chi connectivity index (χ3v) is 5.54. The van der Waals surface area contributed by atoms with Crippen molar-refractivity contribution >= 4 is 11.9 Å². The van der Waals surface area contributed by atoms with Crippen LogP contribution >= 0.6 is 0 Å². The van der Waals surface area contributed by atoms with Crippen molar-refractivity contribution in [2.75, 3.05) is 7.11 Å². The molecule has 7 nitrogen and oxygen atoms in total. The first-order chi connectivity index (χ1) is 16.5. The lowest BCUT2D eigenvalue weighted by Gasteiger charge is -2.34. The summed E-state index contributed by atoms with van der Waals surface area (Å²) in [5.41, 5.74) is -3.88. The molecule has 1 aliphatic heterocycles. The minimum absolute atomic E-state index is 0.149. The van der Waals surface area contributed by atoms with Gasteiger partial charge in [0, 0.05) is 19.1 Å². The molecule has 0 saturated carbocycles. The molecule has 5 atom stereocenters. The smallest absolute Gasteiger partial charge is 0.432 e. The third-order valence-electron chi connectivity index (χ3n) is 5.54. The van der Waals surface area contributed by atoms with E-state index in [9.17, 15) is 22.8 Å². The quantitative estimate of drug-likeness (QED) is 0.561. The summed E-state index contributed by atoms with van der Waals surface area (Å²) < 4.78 is 69.7. The van der Waals surface area contributed by atoms with E-state index >= 15 is 0 Å². The van der Waals surface area contributed by atoms with Gasteiger partial charge in [-0.15, -0.1) is 0 Å². The number of alkyl halides is 3. The van der Waals surface area contributed by atoms with E-state index in [4.69, 9.17) is 23.7 Å². The Hall–Kier alpha value is -3.27. The van der Waals surface area contributed by atoms with Crippen molar-refractivity contribution in [3.63, 3.8) is 0 Å². The molecular weight excluding hydrogens is 469 g/mol. The maximum absolute atomic E-state index is 14.2. The summed E-state index contributed by atoms with van der Waals surface area (Å²) in [6.07, 6.45) is -8.76. The molecule has 1 heterocycles. The Morgan fingerprint density at radius 2 is 1.49 bits per heavy atom. The predicted octanol–water partition coefficient (Wildman–Crippen LogP) is 4.57. The number of ether oxygens (including phenoxy) is 5. The fraction of sp³-hybridized carbons (Fsp3) is 0.440. The average Bonchev–Trinajstić information content (AvgIpc) is 2.78. The number of cyclic esters (lactones) is 1. The second kappa shape index (κ2) is 10.6. The molecule has 2 aromatic rings. The summed E-state index contributed by atoms with van der Waals surface area (Å²) in [6.45, 7) is 4.69. The molecule has 35 heavy (non-hydrogen) atoms. The van der Waals surface area contributed by atoms with E-state index < -0.39 is 47.6 Å². The average molecular weight is 496 g/mol. The highest BCUT2D eigenvalue weighted by atomic mass is 19.4. The number of halogens is 3. The number of benzene rings is 2. The number of para-hydroxylation sites is 2. The van der Waals surface area contributed by atoms with Gasteiger partial charge < -0.3 is 23.7 Å². The number of methoxy groups -OCH3 is 1. The lowest BCUT2D eigenvalue weighted by molar-refractivity contribution is -0.278. The molecule has 0 amide bonds. The van der Waals surface area contributed by atoms with Crippen LogP contribution in [-0.4, -0.2) is 49.6 Å². The second-order valence-electron chi connectivity index (χ2n) is 8.26. The number of hydrogen-bond acceptors (Lipinski definition) is 7. The predicted molar refractivity (Wildman–Crippen MR) is 118 cm³/mol. The van der Waals surface area contributed by atoms with Crippen molar-refractivity contribution < 1.29 is 46.4 Å². The molecule has 2 aromatic carbocycles. The third kappa shape index (κ3) is 5.53. The van der Waals surface area contributed by atoms with E-state index in [2.05, 4.69) is 0 Å². The lowest BCUT2D eigenvalue weighted by atomic mass is 9.92. The normalized spacial score (nSPS) is 23.4. The summed E-state index contributed by atoms with van der Waals surface area (Å²) in [4.78, 5) is 26.0. The molecule has 0 bridgehead atoms. The fourth-order valence-electron chi connectivity index (χ4n) is 3.86. The van der Waals surface area contributed by atoms with Crippen molar-refractivity contribution in [3.05, 3.63) is 60.2 Å². The van der Waals surface area contributed by atoms with Gasteiger partial charge >= 0.3 is 18.1 Å². The van der Waals surface area contributed by atoms with Gasteiger partial charge in [0.25, 0.3) is 5.60 Å². The lowest BCUT2D eigenvalue weighted by Crippen LogP contribution is -2.54. The molecule has 0 spiro atoms. The Kier molecular flexibility index (Phi) is 7.94. The van der Waals surface area contributed by atoms with Gasteiger partial charge in [-0.25, -0.2) is 9.59 Å². The Morgan fingerprint density at radius 3 is 2.06 bits per heavy atom. The molecule has 1 aliphatic rings. The Morgan fingerprint density at radius 1 is 0.943 bits per heavy atom. The first kappa shape index (κ1) is 26.3. The standard InChI is InChI=1S/C25H27F3O7/c1-15-14-16(2)33-22(29)21(35-20-13-9-8-12-19(20)32-15)17(3)34-23(30)24(31-4,25(26,27)28)18-10-6-5-7-11-18/h5-13,15-17,21H,14H2,1-4H3/t15-,16-,17-,21?,24+/m0/s1. The first-order valence-electron chi connectivity index (χ1n) is 11.0. The summed E-state index contributed by atoms with van der Waals surface area (Å²) in [6, 6.07) is 12.9. The number of esters is 2. The van der Waals surface area contributed by atoms with Crippen LogP contribution in [0.5, 0.6) is 11.5 Å². The second-order valence-corrected chi connectivity index (χ2v) is 8.26. The highest BCUT2D eigenvalue weighted by molar-refractivity contribution is 5.84. The zero-order valence-corrected chi connectivity index (χ0v) is 19.7. The van der Waals surface area contributed by atoms with Crippen LogP contribution in [-0.2, 0) is 29.4 Å². The topological polar surface area (TPSA) is 80.3 Å². The van der Waals surface area contributed by atoms with Crippen LogP contribution in [0.25, 0.3) is 0 Å². The van der Waals surface area contributed by atoms with E-state index in [1.165, 1.54) is 31.2 Å². The molecule has 1 unspecified atom stereocenters. The molecule has 0 saturated heterocycles. The molecule has 0 fully saturated rings. The molecule has 0 radical (unpaired) electrons. The van der Waals surface area contributed by atoms with Gasteiger partial charge in [0.15, 0.2) is 11.5 Å². The van der Waals surface area contributed by atoms with Crippen LogP contribution in [0.4, 0.5) is 13.2 Å². The van der Waals surface area contributed by atoms with Gasteiger partial charge in [-0.3, -0.25) is 0 Å². The largest absolute Gasteiger partial charge is 0.487 e. The number of carbonyl (C=O) groups excluding carboxylic acids is 2. The number of fused-ring (bicyclic) bond motifs is 1. The van der Waals surface area contributed by atoms with Crippen molar-refractivity contribution in [2.24, 2.45) is 0 Å². The first-order valence-corrected chi connectivity index (χ1v) is 11.0. The molecule has 0 N–H and O–H groups in total. The highest BCUT2D eigenvalue weighted by Crippen LogP contribution is 2.43. The van der Waals surface area contributed by atoms with Gasteiger partial charge in [0.1, 0.15) is 12.2 Å². The van der Waals surface area contributed by atoms with Gasteiger partial charge in [-0.2, -0.15) is 13.2 Å². The molecule has 0 aliphatic carbocycles. The zero-order valence-electron chi connectivity index (χ0n) is 19.7.